The van der Waals surface area contributed by atoms with E-state index in [1.807, 2.05) is 30.3 Å². The summed E-state index contributed by atoms with van der Waals surface area (Å²) in [5.74, 6) is -0.0201. The zero-order chi connectivity index (χ0) is 17.6. The van der Waals surface area contributed by atoms with Crippen molar-refractivity contribution in [3.63, 3.8) is 0 Å². The summed E-state index contributed by atoms with van der Waals surface area (Å²) < 4.78 is 5.75. The van der Waals surface area contributed by atoms with Crippen LogP contribution in [0.5, 0.6) is 0 Å². The standard InChI is InChI=1S/C19H20N2O4/c22-19(17-8-4-5-9-18(17)21(23)24)20-11-10-16(12-20)14-25-13-15-6-2-1-3-7-15/h1-9,16H,10-14H2/t16-/m1/s1. The Kier molecular flexibility index (Phi) is 5.40. The maximum absolute atomic E-state index is 12.6. The molecule has 0 aliphatic carbocycles. The molecule has 2 aromatic rings. The number of nitro groups is 1. The molecule has 0 saturated carbocycles. The molecule has 1 amide bonds. The molecule has 1 atom stereocenters. The Bertz CT molecular complexity index is 748. The fraction of sp³-hybridized carbons (Fsp3) is 0.316. The number of para-hydroxylation sites is 1. The molecule has 0 spiro atoms. The predicted molar refractivity (Wildman–Crippen MR) is 93.2 cm³/mol. The van der Waals surface area contributed by atoms with Gasteiger partial charge in [-0.25, -0.2) is 0 Å². The molecule has 1 aliphatic heterocycles. The van der Waals surface area contributed by atoms with Gasteiger partial charge in [0.1, 0.15) is 5.56 Å². The number of ether oxygens (including phenoxy) is 1. The minimum atomic E-state index is -0.510. The summed E-state index contributed by atoms with van der Waals surface area (Å²) in [5.41, 5.74) is 1.13. The Labute approximate surface area is 146 Å². The molecule has 1 aliphatic rings. The lowest BCUT2D eigenvalue weighted by atomic mass is 10.1. The van der Waals surface area contributed by atoms with Gasteiger partial charge in [-0.15, -0.1) is 0 Å². The Morgan fingerprint density at radius 2 is 1.88 bits per heavy atom. The van der Waals surface area contributed by atoms with Gasteiger partial charge in [0.05, 0.1) is 18.1 Å². The first-order chi connectivity index (χ1) is 12.1. The lowest BCUT2D eigenvalue weighted by Gasteiger charge is -2.16. The second-order valence-electron chi connectivity index (χ2n) is 6.18. The molecule has 2 aromatic carbocycles. The number of carbonyl (C=O) groups excluding carboxylic acids is 1. The van der Waals surface area contributed by atoms with Crippen LogP contribution in [0, 0.1) is 16.0 Å². The van der Waals surface area contributed by atoms with E-state index >= 15 is 0 Å². The molecule has 0 unspecified atom stereocenters. The number of amides is 1. The van der Waals surface area contributed by atoms with Crippen molar-refractivity contribution >= 4 is 11.6 Å². The summed E-state index contributed by atoms with van der Waals surface area (Å²) in [6, 6.07) is 16.0. The highest BCUT2D eigenvalue weighted by Gasteiger charge is 2.30. The maximum atomic E-state index is 12.6. The third-order valence-electron chi connectivity index (χ3n) is 4.37. The number of benzene rings is 2. The van der Waals surface area contributed by atoms with E-state index < -0.39 is 4.92 Å². The zero-order valence-electron chi connectivity index (χ0n) is 13.8. The van der Waals surface area contributed by atoms with Gasteiger partial charge in [0, 0.05) is 25.1 Å². The summed E-state index contributed by atoms with van der Waals surface area (Å²) >= 11 is 0. The van der Waals surface area contributed by atoms with Gasteiger partial charge in [-0.3, -0.25) is 14.9 Å². The van der Waals surface area contributed by atoms with Gasteiger partial charge in [-0.2, -0.15) is 0 Å². The van der Waals surface area contributed by atoms with Crippen molar-refractivity contribution in [1.29, 1.82) is 0 Å². The molecule has 0 N–H and O–H groups in total. The largest absolute Gasteiger partial charge is 0.376 e. The van der Waals surface area contributed by atoms with Gasteiger partial charge in [0.25, 0.3) is 11.6 Å². The first-order valence-corrected chi connectivity index (χ1v) is 8.29. The van der Waals surface area contributed by atoms with Crippen LogP contribution in [0.2, 0.25) is 0 Å². The van der Waals surface area contributed by atoms with Crippen LogP contribution in [-0.2, 0) is 11.3 Å². The summed E-state index contributed by atoms with van der Waals surface area (Å²) in [4.78, 5) is 24.9. The molecule has 0 bridgehead atoms. The third-order valence-corrected chi connectivity index (χ3v) is 4.37. The third kappa shape index (κ3) is 4.22. The van der Waals surface area contributed by atoms with Crippen molar-refractivity contribution < 1.29 is 14.5 Å². The lowest BCUT2D eigenvalue weighted by molar-refractivity contribution is -0.385. The van der Waals surface area contributed by atoms with Crippen molar-refractivity contribution in [2.45, 2.75) is 13.0 Å². The highest BCUT2D eigenvalue weighted by Crippen LogP contribution is 2.24. The number of rotatable bonds is 6. The van der Waals surface area contributed by atoms with Gasteiger partial charge >= 0.3 is 0 Å². The molecule has 1 heterocycles. The molecule has 130 valence electrons. The Morgan fingerprint density at radius 3 is 2.64 bits per heavy atom. The summed E-state index contributed by atoms with van der Waals surface area (Å²) in [7, 11) is 0. The van der Waals surface area contributed by atoms with Gasteiger partial charge in [0.15, 0.2) is 0 Å². The SMILES string of the molecule is O=C(c1ccccc1[N+](=O)[O-])N1CC[C@@H](COCc2ccccc2)C1. The topological polar surface area (TPSA) is 72.7 Å². The van der Waals surface area contributed by atoms with Crippen molar-refractivity contribution in [3.05, 3.63) is 75.8 Å². The molecule has 0 aromatic heterocycles. The van der Waals surface area contributed by atoms with Crippen molar-refractivity contribution in [2.75, 3.05) is 19.7 Å². The minimum Gasteiger partial charge on any atom is -0.376 e. The molecule has 6 heteroatoms. The molecule has 1 saturated heterocycles. The van der Waals surface area contributed by atoms with Gasteiger partial charge < -0.3 is 9.64 Å². The number of likely N-dealkylation sites (tertiary alicyclic amines) is 1. The van der Waals surface area contributed by atoms with E-state index in [4.69, 9.17) is 4.74 Å². The van der Waals surface area contributed by atoms with Gasteiger partial charge in [0.2, 0.25) is 0 Å². The highest BCUT2D eigenvalue weighted by atomic mass is 16.6. The number of nitro benzene ring substituents is 1. The van der Waals surface area contributed by atoms with Crippen LogP contribution in [0.4, 0.5) is 5.69 Å². The van der Waals surface area contributed by atoms with E-state index in [-0.39, 0.29) is 23.1 Å². The van der Waals surface area contributed by atoms with Gasteiger partial charge in [-0.1, -0.05) is 42.5 Å². The quantitative estimate of drug-likeness (QED) is 0.597. The number of hydrogen-bond donors (Lipinski definition) is 0. The van der Waals surface area contributed by atoms with Crippen LogP contribution in [0.3, 0.4) is 0 Å². The fourth-order valence-electron chi connectivity index (χ4n) is 3.05. The zero-order valence-corrected chi connectivity index (χ0v) is 13.8. The van der Waals surface area contributed by atoms with Crippen LogP contribution in [0.1, 0.15) is 22.3 Å². The average Bonchev–Trinajstić information content (AvgIpc) is 3.11. The minimum absolute atomic E-state index is 0.142. The first-order valence-electron chi connectivity index (χ1n) is 8.29. The van der Waals surface area contributed by atoms with Crippen LogP contribution in [0.25, 0.3) is 0 Å². The molecule has 6 nitrogen and oxygen atoms in total. The summed E-state index contributed by atoms with van der Waals surface area (Å²) in [6.07, 6.45) is 0.848. The molecule has 1 fully saturated rings. The van der Waals surface area contributed by atoms with Crippen LogP contribution < -0.4 is 0 Å². The first kappa shape index (κ1) is 17.1. The monoisotopic (exact) mass is 340 g/mol. The lowest BCUT2D eigenvalue weighted by Crippen LogP contribution is -2.29. The van der Waals surface area contributed by atoms with E-state index in [1.165, 1.54) is 12.1 Å². The summed E-state index contributed by atoms with van der Waals surface area (Å²) in [6.45, 7) is 2.30. The maximum Gasteiger partial charge on any atom is 0.282 e. The second-order valence-corrected chi connectivity index (χ2v) is 6.18. The highest BCUT2D eigenvalue weighted by molar-refractivity contribution is 5.98. The smallest absolute Gasteiger partial charge is 0.282 e. The van der Waals surface area contributed by atoms with E-state index in [1.54, 1.807) is 17.0 Å². The second kappa shape index (κ2) is 7.90. The van der Waals surface area contributed by atoms with Crippen molar-refractivity contribution in [3.8, 4) is 0 Å². The van der Waals surface area contributed by atoms with E-state index in [0.717, 1.165) is 12.0 Å². The van der Waals surface area contributed by atoms with Crippen LogP contribution in [0.15, 0.2) is 54.6 Å². The van der Waals surface area contributed by atoms with Gasteiger partial charge in [-0.05, 0) is 18.1 Å². The average molecular weight is 340 g/mol. The fourth-order valence-corrected chi connectivity index (χ4v) is 3.05. The van der Waals surface area contributed by atoms with E-state index in [9.17, 15) is 14.9 Å². The Morgan fingerprint density at radius 1 is 1.16 bits per heavy atom. The summed E-state index contributed by atoms with van der Waals surface area (Å²) in [5, 5.41) is 11.1. The molecular weight excluding hydrogens is 320 g/mol. The molecule has 3 rings (SSSR count). The number of hydrogen-bond acceptors (Lipinski definition) is 4. The van der Waals surface area contributed by atoms with Crippen LogP contribution >= 0.6 is 0 Å². The molecule has 0 radical (unpaired) electrons. The Balaban J connectivity index is 1.54. The van der Waals surface area contributed by atoms with E-state index in [2.05, 4.69) is 0 Å². The number of nitrogens with zero attached hydrogens (tertiary/aromatic N) is 2. The van der Waals surface area contributed by atoms with Crippen LogP contribution in [-0.4, -0.2) is 35.4 Å². The molecule has 25 heavy (non-hydrogen) atoms. The Hall–Kier alpha value is -2.73. The number of carbonyl (C=O) groups is 1. The van der Waals surface area contributed by atoms with E-state index in [0.29, 0.717) is 26.3 Å². The van der Waals surface area contributed by atoms with Crippen molar-refractivity contribution in [2.24, 2.45) is 5.92 Å². The normalized spacial score (nSPS) is 16.8. The molecular formula is C19H20N2O4. The predicted octanol–water partition coefficient (Wildman–Crippen LogP) is 3.27. The van der Waals surface area contributed by atoms with Crippen molar-refractivity contribution in [1.82, 2.24) is 4.90 Å².